The van der Waals surface area contributed by atoms with Crippen molar-refractivity contribution in [3.05, 3.63) is 48.6 Å². The molecule has 396 valence electrons. The van der Waals surface area contributed by atoms with Crippen LogP contribution in [0, 0.1) is 0 Å². The van der Waals surface area contributed by atoms with Crippen LogP contribution in [0.4, 0.5) is 0 Å². The number of carbonyl (C=O) groups excluding carboxylic acids is 3. The molecule has 0 spiro atoms. The molecule has 2 N–H and O–H groups in total. The Hall–Kier alpha value is -2.56. The first kappa shape index (κ1) is 65.4. The quantitative estimate of drug-likeness (QED) is 0.0197. The standard InChI is InChI=1S/C56H101O11P/c1-4-7-10-13-16-19-22-24-25-26-27-29-32-35-38-41-44-47-56(60)67-53(49-63-54(58)45-42-39-36-33-31-28-23-20-17-14-11-8-5-2)51-65-68(61,62)64-50-52(48-57)66-55(59)46-43-40-37-34-30-21-18-15-12-9-6-3/h7,10,16,19-20,23-25,52-53,57H,4-6,8-9,11-15,17-18,21-22,26-51H2,1-3H3,(H,61,62)/b10-7-,19-16-,23-20-,25-24-. The lowest BCUT2D eigenvalue weighted by Gasteiger charge is -2.21. The summed E-state index contributed by atoms with van der Waals surface area (Å²) in [5.41, 5.74) is 0. The van der Waals surface area contributed by atoms with Crippen LogP contribution in [0.1, 0.15) is 252 Å². The first-order valence-corrected chi connectivity index (χ1v) is 29.0. The zero-order valence-corrected chi connectivity index (χ0v) is 44.5. The fourth-order valence-electron chi connectivity index (χ4n) is 7.54. The van der Waals surface area contributed by atoms with Crippen LogP contribution in [0.25, 0.3) is 0 Å². The summed E-state index contributed by atoms with van der Waals surface area (Å²) in [5.74, 6) is -1.48. The fraction of sp³-hybridized carbons (Fsp3) is 0.804. The van der Waals surface area contributed by atoms with Gasteiger partial charge in [-0.2, -0.15) is 0 Å². The zero-order chi connectivity index (χ0) is 49.9. The molecule has 0 amide bonds. The van der Waals surface area contributed by atoms with Crippen LogP contribution in [0.15, 0.2) is 48.6 Å². The first-order chi connectivity index (χ1) is 33.2. The van der Waals surface area contributed by atoms with Crippen LogP contribution < -0.4 is 0 Å². The highest BCUT2D eigenvalue weighted by Gasteiger charge is 2.28. The largest absolute Gasteiger partial charge is 0.472 e. The minimum atomic E-state index is -4.74. The first-order valence-electron chi connectivity index (χ1n) is 27.5. The number of aliphatic hydroxyl groups is 1. The van der Waals surface area contributed by atoms with E-state index in [0.717, 1.165) is 116 Å². The van der Waals surface area contributed by atoms with Crippen molar-refractivity contribution in [2.24, 2.45) is 0 Å². The number of hydrogen-bond donors (Lipinski definition) is 2. The topological polar surface area (TPSA) is 155 Å². The number of carbonyl (C=O) groups is 3. The Labute approximate surface area is 415 Å². The molecule has 0 rings (SSSR count). The average Bonchev–Trinajstić information content (AvgIpc) is 3.32. The van der Waals surface area contributed by atoms with Gasteiger partial charge in [-0.1, -0.05) is 204 Å². The van der Waals surface area contributed by atoms with Crippen LogP contribution in [0.3, 0.4) is 0 Å². The van der Waals surface area contributed by atoms with Gasteiger partial charge in [-0.15, -0.1) is 0 Å². The van der Waals surface area contributed by atoms with Gasteiger partial charge in [0.2, 0.25) is 0 Å². The van der Waals surface area contributed by atoms with Crippen LogP contribution >= 0.6 is 7.82 Å². The molecule has 0 aliphatic rings. The summed E-state index contributed by atoms with van der Waals surface area (Å²) in [6.07, 6.45) is 52.1. The molecule has 0 heterocycles. The Morgan fingerprint density at radius 2 is 0.765 bits per heavy atom. The van der Waals surface area contributed by atoms with E-state index in [9.17, 15) is 28.9 Å². The van der Waals surface area contributed by atoms with Gasteiger partial charge in [-0.05, 0) is 77.0 Å². The van der Waals surface area contributed by atoms with E-state index in [0.29, 0.717) is 19.3 Å². The van der Waals surface area contributed by atoms with Crippen molar-refractivity contribution in [1.82, 2.24) is 0 Å². The average molecular weight is 981 g/mol. The monoisotopic (exact) mass is 981 g/mol. The van der Waals surface area contributed by atoms with Gasteiger partial charge in [-0.25, -0.2) is 4.57 Å². The lowest BCUT2D eigenvalue weighted by atomic mass is 10.1. The number of allylic oxidation sites excluding steroid dienone is 8. The van der Waals surface area contributed by atoms with Crippen LogP contribution in [0.5, 0.6) is 0 Å². The number of ether oxygens (including phenoxy) is 3. The van der Waals surface area contributed by atoms with Gasteiger partial charge < -0.3 is 24.2 Å². The maximum absolute atomic E-state index is 12.9. The van der Waals surface area contributed by atoms with Gasteiger partial charge in [0.1, 0.15) is 12.7 Å². The highest BCUT2D eigenvalue weighted by atomic mass is 31.2. The molecule has 0 fully saturated rings. The second kappa shape index (κ2) is 50.8. The second-order valence-electron chi connectivity index (χ2n) is 18.4. The third-order valence-corrected chi connectivity index (χ3v) is 12.7. The smallest absolute Gasteiger partial charge is 0.462 e. The molecule has 12 heteroatoms. The lowest BCUT2D eigenvalue weighted by Crippen LogP contribution is -2.30. The number of unbranched alkanes of at least 4 members (excludes halogenated alkanes) is 26. The maximum atomic E-state index is 12.9. The molecule has 0 aliphatic heterocycles. The number of hydrogen-bond acceptors (Lipinski definition) is 10. The molecule has 0 saturated heterocycles. The minimum absolute atomic E-state index is 0.156. The van der Waals surface area contributed by atoms with E-state index in [1.807, 2.05) is 0 Å². The van der Waals surface area contributed by atoms with Crippen molar-refractivity contribution < 1.29 is 52.2 Å². The summed E-state index contributed by atoms with van der Waals surface area (Å²) >= 11 is 0. The summed E-state index contributed by atoms with van der Waals surface area (Å²) in [4.78, 5) is 48.4. The molecule has 3 atom stereocenters. The number of phosphoric acid groups is 1. The molecule has 0 aromatic carbocycles. The van der Waals surface area contributed by atoms with Crippen LogP contribution in [0.2, 0.25) is 0 Å². The van der Waals surface area contributed by atoms with Crippen molar-refractivity contribution in [3.63, 3.8) is 0 Å². The van der Waals surface area contributed by atoms with Crippen LogP contribution in [-0.2, 0) is 42.2 Å². The number of phosphoric ester groups is 1. The predicted molar refractivity (Wildman–Crippen MR) is 279 cm³/mol. The number of rotatable bonds is 51. The van der Waals surface area contributed by atoms with Crippen molar-refractivity contribution in [1.29, 1.82) is 0 Å². The van der Waals surface area contributed by atoms with Crippen molar-refractivity contribution in [2.75, 3.05) is 26.4 Å². The van der Waals surface area contributed by atoms with Gasteiger partial charge in [0.15, 0.2) is 6.10 Å². The van der Waals surface area contributed by atoms with E-state index in [1.54, 1.807) is 0 Å². The lowest BCUT2D eigenvalue weighted by molar-refractivity contribution is -0.161. The van der Waals surface area contributed by atoms with E-state index in [2.05, 4.69) is 69.4 Å². The molecule has 68 heavy (non-hydrogen) atoms. The summed E-state index contributed by atoms with van der Waals surface area (Å²) in [5, 5.41) is 9.78. The van der Waals surface area contributed by atoms with Gasteiger partial charge >= 0.3 is 25.7 Å². The third kappa shape index (κ3) is 48.5. The maximum Gasteiger partial charge on any atom is 0.472 e. The van der Waals surface area contributed by atoms with E-state index in [1.165, 1.54) is 77.0 Å². The molecular formula is C56H101O11P. The molecule has 11 nitrogen and oxygen atoms in total. The Morgan fingerprint density at radius 1 is 0.426 bits per heavy atom. The summed E-state index contributed by atoms with van der Waals surface area (Å²) in [6.45, 7) is 4.50. The SMILES string of the molecule is CC/C=C\C/C=C\C/C=C\CCCCCCCCCC(=O)OC(COC(=O)CCCCCCC/C=C\CCCCCC)COP(=O)(O)OCC(CO)OC(=O)CCCCCCCCCCCCC. The van der Waals surface area contributed by atoms with Gasteiger partial charge in [0.05, 0.1) is 19.8 Å². The Kier molecular flexibility index (Phi) is 48.9. The predicted octanol–water partition coefficient (Wildman–Crippen LogP) is 15.8. The molecule has 0 saturated carbocycles. The fourth-order valence-corrected chi connectivity index (χ4v) is 8.33. The van der Waals surface area contributed by atoms with E-state index in [-0.39, 0.29) is 25.9 Å². The van der Waals surface area contributed by atoms with Crippen molar-refractivity contribution >= 4 is 25.7 Å². The van der Waals surface area contributed by atoms with E-state index >= 15 is 0 Å². The third-order valence-electron chi connectivity index (χ3n) is 11.7. The second-order valence-corrected chi connectivity index (χ2v) is 19.8. The van der Waals surface area contributed by atoms with Crippen molar-refractivity contribution in [2.45, 2.75) is 264 Å². The normalized spacial score (nSPS) is 13.8. The van der Waals surface area contributed by atoms with Gasteiger partial charge in [0, 0.05) is 19.3 Å². The minimum Gasteiger partial charge on any atom is -0.462 e. The zero-order valence-electron chi connectivity index (χ0n) is 43.6. The molecule has 0 radical (unpaired) electrons. The van der Waals surface area contributed by atoms with Crippen molar-refractivity contribution in [3.8, 4) is 0 Å². The van der Waals surface area contributed by atoms with E-state index in [4.69, 9.17) is 23.3 Å². The molecule has 0 aromatic rings. The number of aliphatic hydroxyl groups excluding tert-OH is 1. The number of esters is 3. The van der Waals surface area contributed by atoms with E-state index < -0.39 is 57.8 Å². The molecule has 3 unspecified atom stereocenters. The Morgan fingerprint density at radius 3 is 1.21 bits per heavy atom. The molecular weight excluding hydrogens is 880 g/mol. The summed E-state index contributed by atoms with van der Waals surface area (Å²) in [6, 6.07) is 0. The van der Waals surface area contributed by atoms with Gasteiger partial charge in [-0.3, -0.25) is 23.4 Å². The highest BCUT2D eigenvalue weighted by molar-refractivity contribution is 7.47. The highest BCUT2D eigenvalue weighted by Crippen LogP contribution is 2.43. The van der Waals surface area contributed by atoms with Crippen LogP contribution in [-0.4, -0.2) is 66.5 Å². The Balaban J connectivity index is 4.74. The summed E-state index contributed by atoms with van der Waals surface area (Å²) < 4.78 is 39.4. The van der Waals surface area contributed by atoms with Gasteiger partial charge in [0.25, 0.3) is 0 Å². The molecule has 0 bridgehead atoms. The Bertz CT molecular complexity index is 1330. The molecule has 0 aromatic heterocycles. The summed E-state index contributed by atoms with van der Waals surface area (Å²) in [7, 11) is -4.74. The molecule has 0 aliphatic carbocycles.